The van der Waals surface area contributed by atoms with E-state index in [9.17, 15) is 13.2 Å². The van der Waals surface area contributed by atoms with E-state index < -0.39 is 12.8 Å². The molecular weight excluding hydrogens is 281 g/mol. The summed E-state index contributed by atoms with van der Waals surface area (Å²) in [6.07, 6.45) is 1.34. The molecule has 0 aromatic rings. The number of hydrogen-bond donors (Lipinski definition) is 1. The molecule has 2 aliphatic rings. The number of nitrogens with one attached hydrogen (secondary N) is 1. The molecule has 2 rings (SSSR count). The largest absolute Gasteiger partial charge is 0.411 e. The second-order valence-corrected chi connectivity index (χ2v) is 7.11. The van der Waals surface area contributed by atoms with Crippen LogP contribution in [0, 0.1) is 0 Å². The minimum atomic E-state index is -4.22. The van der Waals surface area contributed by atoms with Crippen molar-refractivity contribution in [3.8, 4) is 0 Å². The van der Waals surface area contributed by atoms with Gasteiger partial charge >= 0.3 is 6.18 Å². The Hall–Kier alpha value is -0.330. The molecule has 0 aromatic carbocycles. The van der Waals surface area contributed by atoms with E-state index in [-0.39, 0.29) is 17.7 Å². The zero-order valence-corrected chi connectivity index (χ0v) is 13.1. The molecule has 6 heteroatoms. The van der Waals surface area contributed by atoms with Gasteiger partial charge < -0.3 is 10.1 Å². The summed E-state index contributed by atoms with van der Waals surface area (Å²) in [5.74, 6) is 0. The van der Waals surface area contributed by atoms with Gasteiger partial charge in [0.05, 0.1) is 0 Å². The average Bonchev–Trinajstić information content (AvgIpc) is 2.82. The van der Waals surface area contributed by atoms with Crippen molar-refractivity contribution in [3.05, 3.63) is 0 Å². The molecule has 124 valence electrons. The van der Waals surface area contributed by atoms with Crippen LogP contribution >= 0.6 is 0 Å². The van der Waals surface area contributed by atoms with E-state index >= 15 is 0 Å². The molecule has 0 radical (unpaired) electrons. The molecule has 1 N–H and O–H groups in total. The van der Waals surface area contributed by atoms with Gasteiger partial charge in [0.2, 0.25) is 0 Å². The first-order valence-electron chi connectivity index (χ1n) is 7.87. The van der Waals surface area contributed by atoms with Crippen molar-refractivity contribution in [1.29, 1.82) is 0 Å². The first kappa shape index (κ1) is 17.0. The third-order valence-electron chi connectivity index (χ3n) is 4.67. The van der Waals surface area contributed by atoms with Gasteiger partial charge in [-0.25, -0.2) is 0 Å². The highest BCUT2D eigenvalue weighted by Gasteiger charge is 2.45. The number of piperazine rings is 1. The molecule has 21 heavy (non-hydrogen) atoms. The molecule has 0 atom stereocenters. The van der Waals surface area contributed by atoms with Gasteiger partial charge in [-0.3, -0.25) is 4.90 Å². The molecule has 1 saturated heterocycles. The maximum atomic E-state index is 12.0. The molecule has 3 nitrogen and oxygen atoms in total. The Bertz CT molecular complexity index is 338. The van der Waals surface area contributed by atoms with E-state index in [4.69, 9.17) is 4.74 Å². The Morgan fingerprint density at radius 3 is 2.48 bits per heavy atom. The Morgan fingerprint density at radius 2 is 1.86 bits per heavy atom. The van der Waals surface area contributed by atoms with Crippen LogP contribution < -0.4 is 5.32 Å². The van der Waals surface area contributed by atoms with Gasteiger partial charge in [0.15, 0.2) is 0 Å². The maximum absolute atomic E-state index is 12.0. The Morgan fingerprint density at radius 1 is 1.19 bits per heavy atom. The smallest absolute Gasteiger partial charge is 0.372 e. The second-order valence-electron chi connectivity index (χ2n) is 7.11. The number of rotatable bonds is 5. The van der Waals surface area contributed by atoms with Crippen molar-refractivity contribution < 1.29 is 17.9 Å². The summed E-state index contributed by atoms with van der Waals surface area (Å²) in [7, 11) is 0. The SMILES string of the molecule is CC1(C)CN(CCCOCC(F)(F)F)C2(CCCC2)CN1. The Balaban J connectivity index is 1.80. The van der Waals surface area contributed by atoms with Gasteiger partial charge in [0.1, 0.15) is 6.61 Å². The van der Waals surface area contributed by atoms with Crippen molar-refractivity contribution in [2.24, 2.45) is 0 Å². The molecule has 1 aliphatic heterocycles. The average molecular weight is 308 g/mol. The van der Waals surface area contributed by atoms with Crippen molar-refractivity contribution in [2.75, 3.05) is 32.8 Å². The Labute approximate surface area is 125 Å². The minimum absolute atomic E-state index is 0.0701. The van der Waals surface area contributed by atoms with E-state index in [1.54, 1.807) is 0 Å². The van der Waals surface area contributed by atoms with Gasteiger partial charge in [0, 0.05) is 37.3 Å². The summed E-state index contributed by atoms with van der Waals surface area (Å²) in [5.41, 5.74) is 0.292. The zero-order chi connectivity index (χ0) is 15.6. The fraction of sp³-hybridized carbons (Fsp3) is 1.00. The van der Waals surface area contributed by atoms with Gasteiger partial charge in [-0.15, -0.1) is 0 Å². The first-order chi connectivity index (χ1) is 9.73. The van der Waals surface area contributed by atoms with Crippen molar-refractivity contribution in [3.63, 3.8) is 0 Å². The molecule has 0 aromatic heterocycles. The monoisotopic (exact) mass is 308 g/mol. The molecular formula is C15H27F3N2O. The fourth-order valence-corrected chi connectivity index (χ4v) is 3.60. The number of hydrogen-bond acceptors (Lipinski definition) is 3. The lowest BCUT2D eigenvalue weighted by molar-refractivity contribution is -0.174. The van der Waals surface area contributed by atoms with E-state index in [1.165, 1.54) is 25.7 Å². The quantitative estimate of drug-likeness (QED) is 0.790. The summed E-state index contributed by atoms with van der Waals surface area (Å²) in [4.78, 5) is 2.49. The lowest BCUT2D eigenvalue weighted by Gasteiger charge is -2.51. The number of ether oxygens (including phenoxy) is 1. The normalized spacial score (nSPS) is 25.6. The molecule has 1 spiro atoms. The van der Waals surface area contributed by atoms with Crippen LogP contribution in [0.4, 0.5) is 13.2 Å². The number of halogens is 3. The molecule has 1 aliphatic carbocycles. The van der Waals surface area contributed by atoms with Crippen LogP contribution in [0.5, 0.6) is 0 Å². The minimum Gasteiger partial charge on any atom is -0.372 e. The number of alkyl halides is 3. The standard InChI is InChI=1S/C15H27F3N2O/c1-13(2)11-20(8-5-9-21-12-15(16,17)18)14(10-19-13)6-3-4-7-14/h19H,3-12H2,1-2H3. The van der Waals surface area contributed by atoms with E-state index in [1.807, 2.05) is 0 Å². The lowest BCUT2D eigenvalue weighted by atomic mass is 9.87. The van der Waals surface area contributed by atoms with Crippen LogP contribution in [0.15, 0.2) is 0 Å². The summed E-state index contributed by atoms with van der Waals surface area (Å²) < 4.78 is 40.8. The number of nitrogens with zero attached hydrogens (tertiary/aromatic N) is 1. The summed E-state index contributed by atoms with van der Waals surface area (Å²) in [6, 6.07) is 0. The van der Waals surface area contributed by atoms with Crippen LogP contribution in [-0.4, -0.2) is 55.0 Å². The molecule has 2 fully saturated rings. The van der Waals surface area contributed by atoms with Gasteiger partial charge in [-0.05, 0) is 33.1 Å². The summed E-state index contributed by atoms with van der Waals surface area (Å²) >= 11 is 0. The molecule has 1 saturated carbocycles. The van der Waals surface area contributed by atoms with Crippen LogP contribution in [0.3, 0.4) is 0 Å². The summed E-state index contributed by atoms with van der Waals surface area (Å²) in [6.45, 7) is 6.17. The topological polar surface area (TPSA) is 24.5 Å². The van der Waals surface area contributed by atoms with Crippen LogP contribution in [0.1, 0.15) is 46.0 Å². The Kier molecular flexibility index (Phi) is 5.21. The highest BCUT2D eigenvalue weighted by atomic mass is 19.4. The maximum Gasteiger partial charge on any atom is 0.411 e. The predicted molar refractivity (Wildman–Crippen MR) is 76.3 cm³/mol. The second kappa shape index (κ2) is 6.42. The van der Waals surface area contributed by atoms with Crippen molar-refractivity contribution in [2.45, 2.75) is 63.2 Å². The van der Waals surface area contributed by atoms with Crippen LogP contribution in [-0.2, 0) is 4.74 Å². The van der Waals surface area contributed by atoms with E-state index in [0.717, 1.165) is 19.6 Å². The zero-order valence-electron chi connectivity index (χ0n) is 13.1. The molecule has 0 unspecified atom stereocenters. The van der Waals surface area contributed by atoms with Gasteiger partial charge in [-0.2, -0.15) is 13.2 Å². The van der Waals surface area contributed by atoms with Crippen LogP contribution in [0.25, 0.3) is 0 Å². The third kappa shape index (κ3) is 4.83. The molecule has 0 bridgehead atoms. The highest BCUT2D eigenvalue weighted by molar-refractivity contribution is 5.04. The van der Waals surface area contributed by atoms with E-state index in [2.05, 4.69) is 24.1 Å². The van der Waals surface area contributed by atoms with Gasteiger partial charge in [-0.1, -0.05) is 12.8 Å². The molecule has 1 heterocycles. The predicted octanol–water partition coefficient (Wildman–Crippen LogP) is 2.95. The van der Waals surface area contributed by atoms with Gasteiger partial charge in [0.25, 0.3) is 0 Å². The van der Waals surface area contributed by atoms with Crippen molar-refractivity contribution >= 4 is 0 Å². The fourth-order valence-electron chi connectivity index (χ4n) is 3.60. The van der Waals surface area contributed by atoms with Crippen LogP contribution in [0.2, 0.25) is 0 Å². The van der Waals surface area contributed by atoms with Crippen molar-refractivity contribution in [1.82, 2.24) is 10.2 Å². The lowest BCUT2D eigenvalue weighted by Crippen LogP contribution is -2.67. The first-order valence-corrected chi connectivity index (χ1v) is 7.87. The summed E-state index contributed by atoms with van der Waals surface area (Å²) in [5, 5.41) is 3.62. The molecule has 0 amide bonds. The van der Waals surface area contributed by atoms with E-state index in [0.29, 0.717) is 6.42 Å². The highest BCUT2D eigenvalue weighted by Crippen LogP contribution is 2.38. The third-order valence-corrected chi connectivity index (χ3v) is 4.67.